The maximum Gasteiger partial charge on any atom is 0.303 e. The second kappa shape index (κ2) is 16.0. The number of ether oxygens (including phenoxy) is 7. The van der Waals surface area contributed by atoms with Crippen LogP contribution in [0.4, 0.5) is 0 Å². The van der Waals surface area contributed by atoms with Crippen LogP contribution in [-0.2, 0) is 44.5 Å². The van der Waals surface area contributed by atoms with Gasteiger partial charge in [0.15, 0.2) is 29.5 Å². The van der Waals surface area contributed by atoms with Gasteiger partial charge in [0, 0.05) is 38.8 Å². The Morgan fingerprint density at radius 2 is 1.17 bits per heavy atom. The lowest BCUT2D eigenvalue weighted by atomic mass is 9.97. The molecular weight excluding hydrogens is 552 g/mol. The molecule has 12 nitrogen and oxygen atoms in total. The molecule has 42 heavy (non-hydrogen) atoms. The number of carbonyl (C=O) groups is 5. The molecule has 0 aliphatic heterocycles. The summed E-state index contributed by atoms with van der Waals surface area (Å²) < 4.78 is 37.1. The average Bonchev–Trinajstić information content (AvgIpc) is 2.94. The van der Waals surface area contributed by atoms with Crippen LogP contribution in [0.25, 0.3) is 0 Å². The normalized spacial score (nSPS) is 12.6. The van der Waals surface area contributed by atoms with Gasteiger partial charge < -0.3 is 33.2 Å². The summed E-state index contributed by atoms with van der Waals surface area (Å²) in [5.74, 6) is -1.94. The van der Waals surface area contributed by atoms with Gasteiger partial charge in [0.2, 0.25) is 5.75 Å². The fraction of sp³-hybridized carbons (Fsp3) is 0.433. The highest BCUT2D eigenvalue weighted by molar-refractivity contribution is 6.09. The Hall–Kier alpha value is -4.61. The van der Waals surface area contributed by atoms with Gasteiger partial charge in [-0.05, 0) is 30.5 Å². The molecule has 0 aliphatic rings. The van der Waals surface area contributed by atoms with E-state index in [1.807, 2.05) is 0 Å². The van der Waals surface area contributed by atoms with E-state index in [2.05, 4.69) is 0 Å². The summed E-state index contributed by atoms with van der Waals surface area (Å²) in [5, 5.41) is 0. The number of rotatable bonds is 15. The summed E-state index contributed by atoms with van der Waals surface area (Å²) in [6, 6.07) is 9.89. The molecule has 0 heterocycles. The SMILES string of the molecule is COc1cc(C(=O)c2ccc(CC[C@@H](OC(C)=O)[C@H](OC(C)=O)[C@@H](COC(C)=O)OC(C)=O)cc2)cc(OC)c1OC. The number of aryl methyl sites for hydroxylation is 1. The van der Waals surface area contributed by atoms with Crippen LogP contribution in [0.3, 0.4) is 0 Å². The predicted molar refractivity (Wildman–Crippen MR) is 148 cm³/mol. The van der Waals surface area contributed by atoms with Gasteiger partial charge in [0.05, 0.1) is 21.3 Å². The van der Waals surface area contributed by atoms with Crippen LogP contribution in [0.5, 0.6) is 17.2 Å². The lowest BCUT2D eigenvalue weighted by molar-refractivity contribution is -0.189. The second-order valence-corrected chi connectivity index (χ2v) is 9.15. The number of esters is 4. The van der Waals surface area contributed by atoms with E-state index in [4.69, 9.17) is 33.2 Å². The zero-order chi connectivity index (χ0) is 31.4. The number of ketones is 1. The van der Waals surface area contributed by atoms with Gasteiger partial charge in [-0.1, -0.05) is 24.3 Å². The molecule has 0 spiro atoms. The van der Waals surface area contributed by atoms with Crippen LogP contribution < -0.4 is 14.2 Å². The van der Waals surface area contributed by atoms with Gasteiger partial charge in [0.25, 0.3) is 0 Å². The zero-order valence-corrected chi connectivity index (χ0v) is 24.7. The third kappa shape index (κ3) is 9.79. The number of hydrogen-bond donors (Lipinski definition) is 0. The molecule has 12 heteroatoms. The summed E-state index contributed by atoms with van der Waals surface area (Å²) in [6.45, 7) is 4.24. The number of carbonyl (C=O) groups excluding carboxylic acids is 5. The van der Waals surface area contributed by atoms with E-state index in [9.17, 15) is 24.0 Å². The molecule has 0 aromatic heterocycles. The Kier molecular flexibility index (Phi) is 12.8. The minimum atomic E-state index is -1.25. The summed E-state index contributed by atoms with van der Waals surface area (Å²) in [5.41, 5.74) is 1.51. The molecule has 0 bridgehead atoms. The minimum absolute atomic E-state index is 0.148. The zero-order valence-electron chi connectivity index (χ0n) is 24.7. The van der Waals surface area contributed by atoms with E-state index in [0.717, 1.165) is 19.4 Å². The summed E-state index contributed by atoms with van der Waals surface area (Å²) in [6.07, 6.45) is -3.05. The Balaban J connectivity index is 2.29. The quantitative estimate of drug-likeness (QED) is 0.171. The first-order chi connectivity index (χ1) is 19.9. The fourth-order valence-corrected chi connectivity index (χ4v) is 4.21. The Morgan fingerprint density at radius 3 is 1.62 bits per heavy atom. The molecule has 0 amide bonds. The molecule has 2 rings (SSSR count). The van der Waals surface area contributed by atoms with E-state index >= 15 is 0 Å². The number of methoxy groups -OCH3 is 3. The largest absolute Gasteiger partial charge is 0.493 e. The van der Waals surface area contributed by atoms with Crippen molar-refractivity contribution in [3.05, 3.63) is 53.1 Å². The molecule has 2 aromatic carbocycles. The molecule has 0 unspecified atom stereocenters. The van der Waals surface area contributed by atoms with E-state index < -0.39 is 48.8 Å². The molecule has 3 atom stereocenters. The van der Waals surface area contributed by atoms with Gasteiger partial charge in [-0.25, -0.2) is 0 Å². The summed E-state index contributed by atoms with van der Waals surface area (Å²) >= 11 is 0. The fourth-order valence-electron chi connectivity index (χ4n) is 4.21. The predicted octanol–water partition coefficient (Wildman–Crippen LogP) is 3.23. The molecule has 2 aromatic rings. The van der Waals surface area contributed by atoms with Gasteiger partial charge in [0.1, 0.15) is 12.7 Å². The maximum atomic E-state index is 13.2. The van der Waals surface area contributed by atoms with E-state index in [-0.39, 0.29) is 12.2 Å². The third-order valence-corrected chi connectivity index (χ3v) is 5.98. The Bertz CT molecular complexity index is 1240. The van der Waals surface area contributed by atoms with Crippen molar-refractivity contribution in [2.24, 2.45) is 0 Å². The molecule has 0 radical (unpaired) electrons. The highest BCUT2D eigenvalue weighted by Crippen LogP contribution is 2.38. The molecule has 0 saturated carbocycles. The molecular formula is C30H36O12. The number of benzene rings is 2. The molecule has 0 fully saturated rings. The van der Waals surface area contributed by atoms with Gasteiger partial charge >= 0.3 is 23.9 Å². The van der Waals surface area contributed by atoms with Crippen LogP contribution in [0.15, 0.2) is 36.4 Å². The van der Waals surface area contributed by atoms with Crippen LogP contribution >= 0.6 is 0 Å². The second-order valence-electron chi connectivity index (χ2n) is 9.15. The highest BCUT2D eigenvalue weighted by Gasteiger charge is 2.37. The van der Waals surface area contributed by atoms with Crippen LogP contribution in [0.1, 0.15) is 55.6 Å². The van der Waals surface area contributed by atoms with Crippen LogP contribution in [0, 0.1) is 0 Å². The van der Waals surface area contributed by atoms with Gasteiger partial charge in [-0.3, -0.25) is 24.0 Å². The topological polar surface area (TPSA) is 150 Å². The van der Waals surface area contributed by atoms with Crippen LogP contribution in [-0.4, -0.2) is 75.9 Å². The van der Waals surface area contributed by atoms with Crippen molar-refractivity contribution in [1.29, 1.82) is 0 Å². The van der Waals surface area contributed by atoms with Crippen molar-refractivity contribution in [2.45, 2.75) is 58.8 Å². The van der Waals surface area contributed by atoms with E-state index in [1.165, 1.54) is 35.2 Å². The van der Waals surface area contributed by atoms with Crippen molar-refractivity contribution >= 4 is 29.7 Å². The van der Waals surface area contributed by atoms with E-state index in [1.54, 1.807) is 36.4 Å². The Labute approximate surface area is 244 Å². The molecule has 228 valence electrons. The third-order valence-electron chi connectivity index (χ3n) is 5.98. The first kappa shape index (κ1) is 33.6. The standard InChI is InChI=1S/C30H36O12/c1-17(31)39-16-27(41-19(3)33)30(42-20(4)34)24(40-18(2)32)13-10-21-8-11-22(12-9-21)28(35)23-14-25(36-5)29(38-7)26(15-23)37-6/h8-9,11-12,14-15,24,27,30H,10,13,16H2,1-7H3/t24-,27-,30+/m1/s1. The summed E-state index contributed by atoms with van der Waals surface area (Å²) in [7, 11) is 4.39. The summed E-state index contributed by atoms with van der Waals surface area (Å²) in [4.78, 5) is 60.2. The first-order valence-electron chi connectivity index (χ1n) is 13.0. The monoisotopic (exact) mass is 588 g/mol. The minimum Gasteiger partial charge on any atom is -0.493 e. The molecule has 0 aliphatic carbocycles. The van der Waals surface area contributed by atoms with Crippen molar-refractivity contribution in [3.63, 3.8) is 0 Å². The average molecular weight is 589 g/mol. The van der Waals surface area contributed by atoms with Gasteiger partial charge in [-0.15, -0.1) is 0 Å². The van der Waals surface area contributed by atoms with E-state index in [0.29, 0.717) is 34.8 Å². The van der Waals surface area contributed by atoms with Crippen molar-refractivity contribution in [3.8, 4) is 17.2 Å². The Morgan fingerprint density at radius 1 is 0.643 bits per heavy atom. The van der Waals surface area contributed by atoms with Gasteiger partial charge in [-0.2, -0.15) is 0 Å². The molecule has 0 N–H and O–H groups in total. The van der Waals surface area contributed by atoms with Crippen molar-refractivity contribution in [1.82, 2.24) is 0 Å². The number of hydrogen-bond acceptors (Lipinski definition) is 12. The first-order valence-corrected chi connectivity index (χ1v) is 13.0. The lowest BCUT2D eigenvalue weighted by Gasteiger charge is -2.31. The molecule has 0 saturated heterocycles. The lowest BCUT2D eigenvalue weighted by Crippen LogP contribution is -2.47. The highest BCUT2D eigenvalue weighted by atomic mass is 16.6. The van der Waals surface area contributed by atoms with Crippen molar-refractivity contribution < 1.29 is 57.1 Å². The van der Waals surface area contributed by atoms with Crippen molar-refractivity contribution in [2.75, 3.05) is 27.9 Å². The van der Waals surface area contributed by atoms with Crippen LogP contribution in [0.2, 0.25) is 0 Å². The maximum absolute atomic E-state index is 13.2. The smallest absolute Gasteiger partial charge is 0.303 e.